The summed E-state index contributed by atoms with van der Waals surface area (Å²) in [5, 5.41) is 8.92. The van der Waals surface area contributed by atoms with Crippen LogP contribution in [-0.2, 0) is 19.1 Å². The zero-order valence-electron chi connectivity index (χ0n) is 11.0. The number of carboxylic acid groups (broad SMARTS) is 1. The molecule has 0 amide bonds. The van der Waals surface area contributed by atoms with Gasteiger partial charge in [0.15, 0.2) is 0 Å². The van der Waals surface area contributed by atoms with E-state index >= 15 is 0 Å². The van der Waals surface area contributed by atoms with E-state index in [2.05, 4.69) is 5.92 Å². The number of carbonyl (C=O) groups is 3. The van der Waals surface area contributed by atoms with Gasteiger partial charge in [-0.05, 0) is 25.2 Å². The molecule has 1 saturated carbocycles. The van der Waals surface area contributed by atoms with Crippen LogP contribution in [0.25, 0.3) is 0 Å². The number of rotatable bonds is 6. The van der Waals surface area contributed by atoms with Gasteiger partial charge in [-0.15, -0.1) is 12.3 Å². The number of carbonyl (C=O) groups excluding carboxylic acids is 2. The summed E-state index contributed by atoms with van der Waals surface area (Å²) in [5.74, 6) is 0.103. The van der Waals surface area contributed by atoms with Crippen molar-refractivity contribution in [1.29, 1.82) is 0 Å². The number of hydrogen-bond acceptors (Lipinski definition) is 4. The van der Waals surface area contributed by atoms with E-state index in [1.165, 1.54) is 7.11 Å². The van der Waals surface area contributed by atoms with Gasteiger partial charge in [-0.1, -0.05) is 0 Å². The third-order valence-corrected chi connectivity index (χ3v) is 3.78. The van der Waals surface area contributed by atoms with Gasteiger partial charge in [0.1, 0.15) is 11.2 Å². The van der Waals surface area contributed by atoms with Gasteiger partial charge in [-0.25, -0.2) is 0 Å². The number of unbranched alkanes of at least 4 members (excludes halogenated alkanes) is 1. The summed E-state index contributed by atoms with van der Waals surface area (Å²) in [6.45, 7) is 0. The van der Waals surface area contributed by atoms with Crippen LogP contribution in [0.15, 0.2) is 0 Å². The van der Waals surface area contributed by atoms with Gasteiger partial charge in [-0.2, -0.15) is 0 Å². The van der Waals surface area contributed by atoms with Crippen molar-refractivity contribution < 1.29 is 24.2 Å². The summed E-state index contributed by atoms with van der Waals surface area (Å²) in [6, 6.07) is 0. The Bertz CT molecular complexity index is 420. The molecule has 104 valence electrons. The molecule has 1 N–H and O–H groups in total. The summed E-state index contributed by atoms with van der Waals surface area (Å²) >= 11 is 0. The minimum absolute atomic E-state index is 0.198. The summed E-state index contributed by atoms with van der Waals surface area (Å²) < 4.78 is 4.75. The van der Waals surface area contributed by atoms with E-state index in [4.69, 9.17) is 16.3 Å². The maximum Gasteiger partial charge on any atom is 0.319 e. The van der Waals surface area contributed by atoms with E-state index in [9.17, 15) is 14.4 Å². The lowest BCUT2D eigenvalue weighted by Gasteiger charge is -2.30. The van der Waals surface area contributed by atoms with Gasteiger partial charge in [0.05, 0.1) is 7.11 Å². The lowest BCUT2D eigenvalue weighted by Crippen LogP contribution is -2.42. The van der Waals surface area contributed by atoms with Gasteiger partial charge in [0.25, 0.3) is 0 Å². The maximum absolute atomic E-state index is 12.1. The molecule has 1 aliphatic rings. The number of aliphatic carboxylic acids is 1. The van der Waals surface area contributed by atoms with E-state index in [0.29, 0.717) is 19.3 Å². The maximum atomic E-state index is 12.1. The number of methoxy groups -OCH3 is 1. The molecule has 0 radical (unpaired) electrons. The molecule has 19 heavy (non-hydrogen) atoms. The van der Waals surface area contributed by atoms with Crippen LogP contribution < -0.4 is 0 Å². The third-order valence-electron chi connectivity index (χ3n) is 3.78. The number of ether oxygens (including phenoxy) is 1. The van der Waals surface area contributed by atoms with Crippen LogP contribution in [0.4, 0.5) is 0 Å². The molecule has 0 aromatic rings. The summed E-state index contributed by atoms with van der Waals surface area (Å²) in [7, 11) is 1.22. The third kappa shape index (κ3) is 2.95. The van der Waals surface area contributed by atoms with Crippen LogP contribution in [-0.4, -0.2) is 29.9 Å². The fraction of sp³-hybridized carbons (Fsp3) is 0.643. The molecule has 0 spiro atoms. The molecule has 2 unspecified atom stereocenters. The first kappa shape index (κ1) is 15.2. The zero-order valence-corrected chi connectivity index (χ0v) is 11.0. The molecule has 1 aliphatic carbocycles. The van der Waals surface area contributed by atoms with Crippen LogP contribution >= 0.6 is 0 Å². The second-order valence-electron chi connectivity index (χ2n) is 4.78. The molecule has 2 atom stereocenters. The van der Waals surface area contributed by atoms with Crippen molar-refractivity contribution in [2.45, 2.75) is 38.5 Å². The highest BCUT2D eigenvalue weighted by atomic mass is 16.5. The predicted molar refractivity (Wildman–Crippen MR) is 67.1 cm³/mol. The van der Waals surface area contributed by atoms with Crippen LogP contribution in [0.2, 0.25) is 0 Å². The van der Waals surface area contributed by atoms with Crippen molar-refractivity contribution in [1.82, 2.24) is 0 Å². The molecule has 5 nitrogen and oxygen atoms in total. The smallest absolute Gasteiger partial charge is 0.319 e. The topological polar surface area (TPSA) is 80.7 Å². The predicted octanol–water partition coefficient (Wildman–Crippen LogP) is 1.40. The fourth-order valence-electron chi connectivity index (χ4n) is 2.87. The van der Waals surface area contributed by atoms with Crippen LogP contribution in [0.3, 0.4) is 0 Å². The standard InChI is InChI=1S/C14H18O5/c1-3-4-5-8-14(13(18)19-2)10(9-12(16)17)6-7-11(14)15/h1,10H,4-9H2,2H3,(H,16,17). The Balaban J connectivity index is 3.02. The van der Waals surface area contributed by atoms with Crippen molar-refractivity contribution in [3.05, 3.63) is 0 Å². The summed E-state index contributed by atoms with van der Waals surface area (Å²) in [5.41, 5.74) is -1.32. The van der Waals surface area contributed by atoms with Gasteiger partial charge in [-0.3, -0.25) is 14.4 Å². The van der Waals surface area contributed by atoms with Gasteiger partial charge >= 0.3 is 11.9 Å². The van der Waals surface area contributed by atoms with Crippen molar-refractivity contribution in [2.24, 2.45) is 11.3 Å². The second-order valence-corrected chi connectivity index (χ2v) is 4.78. The molecule has 0 heterocycles. The van der Waals surface area contributed by atoms with E-state index in [-0.39, 0.29) is 25.0 Å². The number of Topliss-reactive ketones (excluding diaryl/α,β-unsaturated/α-hetero) is 1. The van der Waals surface area contributed by atoms with Crippen molar-refractivity contribution >= 4 is 17.7 Å². The van der Waals surface area contributed by atoms with E-state index in [1.54, 1.807) is 0 Å². The van der Waals surface area contributed by atoms with Gasteiger partial charge in [0.2, 0.25) is 0 Å². The van der Waals surface area contributed by atoms with Gasteiger partial charge in [0, 0.05) is 19.3 Å². The first-order valence-electron chi connectivity index (χ1n) is 6.26. The molecule has 0 saturated heterocycles. The highest BCUT2D eigenvalue weighted by Gasteiger charge is 2.56. The normalized spacial score (nSPS) is 25.9. The molecule has 0 aromatic heterocycles. The Kier molecular flexibility index (Phi) is 5.11. The first-order chi connectivity index (χ1) is 8.98. The molecular weight excluding hydrogens is 248 g/mol. The minimum Gasteiger partial charge on any atom is -0.481 e. The van der Waals surface area contributed by atoms with Crippen molar-refractivity contribution in [3.8, 4) is 12.3 Å². The first-order valence-corrected chi connectivity index (χ1v) is 6.26. The molecule has 0 bridgehead atoms. The number of ketones is 1. The van der Waals surface area contributed by atoms with Gasteiger partial charge < -0.3 is 9.84 Å². The molecule has 1 fully saturated rings. The second kappa shape index (κ2) is 6.37. The lowest BCUT2D eigenvalue weighted by molar-refractivity contribution is -0.160. The Morgan fingerprint density at radius 3 is 2.79 bits per heavy atom. The molecular formula is C14H18O5. The number of hydrogen-bond donors (Lipinski definition) is 1. The lowest BCUT2D eigenvalue weighted by atomic mass is 9.72. The summed E-state index contributed by atoms with van der Waals surface area (Å²) in [4.78, 5) is 35.1. The monoisotopic (exact) mass is 266 g/mol. The molecule has 0 aliphatic heterocycles. The molecule has 5 heteroatoms. The number of carboxylic acids is 1. The Morgan fingerprint density at radius 1 is 1.58 bits per heavy atom. The average Bonchev–Trinajstić information content (AvgIpc) is 2.67. The number of terminal acetylenes is 1. The fourth-order valence-corrected chi connectivity index (χ4v) is 2.87. The van der Waals surface area contributed by atoms with Crippen LogP contribution in [0.5, 0.6) is 0 Å². The number of esters is 1. The molecule has 1 rings (SSSR count). The quantitative estimate of drug-likeness (QED) is 0.340. The van der Waals surface area contributed by atoms with Crippen LogP contribution in [0, 0.1) is 23.7 Å². The van der Waals surface area contributed by atoms with E-state index in [0.717, 1.165) is 0 Å². The van der Waals surface area contributed by atoms with E-state index < -0.39 is 23.3 Å². The van der Waals surface area contributed by atoms with Crippen LogP contribution in [0.1, 0.15) is 38.5 Å². The minimum atomic E-state index is -1.32. The highest BCUT2D eigenvalue weighted by molar-refractivity contribution is 6.06. The van der Waals surface area contributed by atoms with Crippen molar-refractivity contribution in [3.63, 3.8) is 0 Å². The largest absolute Gasteiger partial charge is 0.481 e. The molecule has 0 aromatic carbocycles. The highest BCUT2D eigenvalue weighted by Crippen LogP contribution is 2.47. The average molecular weight is 266 g/mol. The summed E-state index contributed by atoms with van der Waals surface area (Å²) in [6.07, 6.45) is 6.83. The SMILES string of the molecule is C#CCCCC1(C(=O)OC)C(=O)CCC1CC(=O)O. The Morgan fingerprint density at radius 2 is 2.26 bits per heavy atom. The van der Waals surface area contributed by atoms with Crippen molar-refractivity contribution in [2.75, 3.05) is 7.11 Å². The zero-order chi connectivity index (χ0) is 14.5. The Labute approximate surface area is 112 Å². The Hall–Kier alpha value is -1.83. The van der Waals surface area contributed by atoms with E-state index in [1.807, 2.05) is 0 Å².